The number of hydrogen-bond donors (Lipinski definition) is 1. The molecule has 0 aliphatic carbocycles. The molecule has 1 aromatic heterocycles. The Hall–Kier alpha value is -2.22. The number of nitrogens with one attached hydrogen (secondary N) is 1. The van der Waals surface area contributed by atoms with Crippen LogP contribution in [-0.2, 0) is 19.5 Å². The highest BCUT2D eigenvalue weighted by molar-refractivity contribution is 5.52. The highest BCUT2D eigenvalue weighted by Gasteiger charge is 2.28. The molecule has 0 spiro atoms. The Morgan fingerprint density at radius 1 is 1.17 bits per heavy atom. The van der Waals surface area contributed by atoms with Crippen LogP contribution in [-0.4, -0.2) is 79.2 Å². The van der Waals surface area contributed by atoms with E-state index in [4.69, 9.17) is 14.7 Å². The van der Waals surface area contributed by atoms with Crippen molar-refractivity contribution < 1.29 is 4.74 Å². The second-order valence-electron chi connectivity index (χ2n) is 8.60. The zero-order valence-electron chi connectivity index (χ0n) is 18.5. The molecule has 2 aromatic rings. The van der Waals surface area contributed by atoms with Crippen LogP contribution in [0.5, 0.6) is 6.01 Å². The maximum Gasteiger partial charge on any atom is 0.318 e. The van der Waals surface area contributed by atoms with E-state index in [9.17, 15) is 0 Å². The summed E-state index contributed by atoms with van der Waals surface area (Å²) in [5, 5.41) is 3.48. The van der Waals surface area contributed by atoms with Crippen LogP contribution >= 0.6 is 0 Å². The molecule has 1 unspecified atom stereocenters. The Morgan fingerprint density at radius 2 is 2.00 bits per heavy atom. The Balaban J connectivity index is 1.58. The van der Waals surface area contributed by atoms with Gasteiger partial charge in [0.1, 0.15) is 12.4 Å². The number of rotatable bonds is 7. The Labute approximate surface area is 180 Å². The fourth-order valence-electron chi connectivity index (χ4n) is 4.20. The molecule has 1 saturated heterocycles. The van der Waals surface area contributed by atoms with E-state index in [1.54, 1.807) is 0 Å². The maximum atomic E-state index is 5.98. The minimum Gasteiger partial charge on any atom is -0.462 e. The van der Waals surface area contributed by atoms with Crippen LogP contribution in [0.2, 0.25) is 0 Å². The molecule has 162 valence electrons. The number of nitrogens with zero attached hydrogens (tertiary/aromatic N) is 5. The van der Waals surface area contributed by atoms with Gasteiger partial charge in [0.05, 0.1) is 5.69 Å². The van der Waals surface area contributed by atoms with Crippen molar-refractivity contribution in [2.75, 3.05) is 58.3 Å². The lowest BCUT2D eigenvalue weighted by Crippen LogP contribution is -2.51. The zero-order chi connectivity index (χ0) is 20.9. The SMILES string of the molecule is CC1CNCCN1c1nc(OCCN(C)C)nc2c1CCN(Cc1ccccc1)C2. The number of anilines is 1. The average molecular weight is 411 g/mol. The lowest BCUT2D eigenvalue weighted by atomic mass is 10.0. The Kier molecular flexibility index (Phi) is 6.82. The van der Waals surface area contributed by atoms with E-state index < -0.39 is 0 Å². The molecule has 2 aliphatic rings. The van der Waals surface area contributed by atoms with Gasteiger partial charge in [0.25, 0.3) is 0 Å². The molecule has 1 aromatic carbocycles. The first kappa shape index (κ1) is 21.0. The summed E-state index contributed by atoms with van der Waals surface area (Å²) < 4.78 is 5.98. The van der Waals surface area contributed by atoms with Gasteiger partial charge in [-0.15, -0.1) is 0 Å². The third-order valence-electron chi connectivity index (χ3n) is 5.89. The molecule has 7 heteroatoms. The van der Waals surface area contributed by atoms with Crippen LogP contribution in [0.3, 0.4) is 0 Å². The van der Waals surface area contributed by atoms with Gasteiger partial charge in [0.2, 0.25) is 0 Å². The molecular weight excluding hydrogens is 376 g/mol. The van der Waals surface area contributed by atoms with E-state index in [0.717, 1.165) is 63.7 Å². The second-order valence-corrected chi connectivity index (χ2v) is 8.60. The van der Waals surface area contributed by atoms with Crippen LogP contribution in [0, 0.1) is 0 Å². The fraction of sp³-hybridized carbons (Fsp3) is 0.565. The minimum absolute atomic E-state index is 0.412. The van der Waals surface area contributed by atoms with E-state index in [1.807, 2.05) is 14.1 Å². The van der Waals surface area contributed by atoms with E-state index in [0.29, 0.717) is 18.7 Å². The molecule has 0 bridgehead atoms. The van der Waals surface area contributed by atoms with Gasteiger partial charge in [-0.05, 0) is 33.0 Å². The summed E-state index contributed by atoms with van der Waals surface area (Å²) in [6.45, 7) is 9.45. The number of fused-ring (bicyclic) bond motifs is 1. The number of piperazine rings is 1. The van der Waals surface area contributed by atoms with Crippen LogP contribution in [0.4, 0.5) is 5.82 Å². The van der Waals surface area contributed by atoms with Crippen molar-refractivity contribution in [3.05, 3.63) is 47.2 Å². The molecule has 0 radical (unpaired) electrons. The van der Waals surface area contributed by atoms with Crippen LogP contribution in [0.1, 0.15) is 23.7 Å². The van der Waals surface area contributed by atoms with Crippen molar-refractivity contribution in [1.29, 1.82) is 0 Å². The monoisotopic (exact) mass is 410 g/mol. The predicted octanol–water partition coefficient (Wildman–Crippen LogP) is 1.77. The summed E-state index contributed by atoms with van der Waals surface area (Å²) in [5.41, 5.74) is 3.76. The molecule has 2 aliphatic heterocycles. The standard InChI is InChI=1S/C23H34N6O/c1-18-15-24-10-12-29(18)22-20-9-11-28(16-19-7-5-4-6-8-19)17-21(20)25-23(26-22)30-14-13-27(2)3/h4-8,18,24H,9-17H2,1-3H3. The quantitative estimate of drug-likeness (QED) is 0.747. The zero-order valence-corrected chi connectivity index (χ0v) is 18.5. The van der Waals surface area contributed by atoms with Crippen molar-refractivity contribution in [1.82, 2.24) is 25.1 Å². The van der Waals surface area contributed by atoms with Gasteiger partial charge >= 0.3 is 6.01 Å². The van der Waals surface area contributed by atoms with Gasteiger partial charge < -0.3 is 19.9 Å². The molecule has 1 N–H and O–H groups in total. The molecule has 1 fully saturated rings. The smallest absolute Gasteiger partial charge is 0.318 e. The molecule has 30 heavy (non-hydrogen) atoms. The number of aromatic nitrogens is 2. The Morgan fingerprint density at radius 3 is 2.77 bits per heavy atom. The molecule has 0 amide bonds. The van der Waals surface area contributed by atoms with E-state index in [2.05, 4.69) is 57.3 Å². The number of ether oxygens (including phenoxy) is 1. The number of benzene rings is 1. The average Bonchev–Trinajstić information content (AvgIpc) is 2.74. The molecule has 0 saturated carbocycles. The third-order valence-corrected chi connectivity index (χ3v) is 5.89. The lowest BCUT2D eigenvalue weighted by molar-refractivity contribution is 0.227. The van der Waals surface area contributed by atoms with E-state index in [1.165, 1.54) is 11.1 Å². The topological polar surface area (TPSA) is 56.8 Å². The summed E-state index contributed by atoms with van der Waals surface area (Å²) in [5.74, 6) is 1.08. The summed E-state index contributed by atoms with van der Waals surface area (Å²) in [4.78, 5) is 16.8. The minimum atomic E-state index is 0.412. The van der Waals surface area contributed by atoms with Crippen LogP contribution in [0.25, 0.3) is 0 Å². The van der Waals surface area contributed by atoms with Crippen molar-refractivity contribution in [2.24, 2.45) is 0 Å². The highest BCUT2D eigenvalue weighted by Crippen LogP contribution is 2.30. The first-order valence-electron chi connectivity index (χ1n) is 11.0. The summed E-state index contributed by atoms with van der Waals surface area (Å²) in [6.07, 6.45) is 0.978. The first-order chi connectivity index (χ1) is 14.6. The van der Waals surface area contributed by atoms with E-state index >= 15 is 0 Å². The molecular formula is C23H34N6O. The highest BCUT2D eigenvalue weighted by atomic mass is 16.5. The number of hydrogen-bond acceptors (Lipinski definition) is 7. The van der Waals surface area contributed by atoms with Crippen molar-refractivity contribution in [3.63, 3.8) is 0 Å². The molecule has 3 heterocycles. The normalized spacial score (nSPS) is 19.7. The molecule has 7 nitrogen and oxygen atoms in total. The summed E-state index contributed by atoms with van der Waals surface area (Å²) in [6, 6.07) is 11.6. The van der Waals surface area contributed by atoms with Gasteiger partial charge in [-0.1, -0.05) is 30.3 Å². The number of likely N-dealkylation sites (N-methyl/N-ethyl adjacent to an activating group) is 1. The molecule has 4 rings (SSSR count). The van der Waals surface area contributed by atoms with E-state index in [-0.39, 0.29) is 0 Å². The Bertz CT molecular complexity index is 828. The maximum absolute atomic E-state index is 5.98. The van der Waals surface area contributed by atoms with Crippen LogP contribution in [0.15, 0.2) is 30.3 Å². The summed E-state index contributed by atoms with van der Waals surface area (Å²) >= 11 is 0. The van der Waals surface area contributed by atoms with Crippen molar-refractivity contribution >= 4 is 5.82 Å². The third kappa shape index (κ3) is 5.09. The van der Waals surface area contributed by atoms with Gasteiger partial charge in [-0.2, -0.15) is 9.97 Å². The van der Waals surface area contributed by atoms with Gasteiger partial charge in [0.15, 0.2) is 0 Å². The van der Waals surface area contributed by atoms with Crippen molar-refractivity contribution in [2.45, 2.75) is 32.5 Å². The molecule has 1 atom stereocenters. The van der Waals surface area contributed by atoms with Gasteiger partial charge in [0, 0.05) is 57.4 Å². The van der Waals surface area contributed by atoms with Crippen LogP contribution < -0.4 is 15.0 Å². The first-order valence-corrected chi connectivity index (χ1v) is 11.0. The second kappa shape index (κ2) is 9.73. The van der Waals surface area contributed by atoms with Gasteiger partial charge in [-0.25, -0.2) is 0 Å². The fourth-order valence-corrected chi connectivity index (χ4v) is 4.20. The lowest BCUT2D eigenvalue weighted by Gasteiger charge is -2.38. The largest absolute Gasteiger partial charge is 0.462 e. The predicted molar refractivity (Wildman–Crippen MR) is 120 cm³/mol. The summed E-state index contributed by atoms with van der Waals surface area (Å²) in [7, 11) is 4.10. The van der Waals surface area contributed by atoms with Crippen molar-refractivity contribution in [3.8, 4) is 6.01 Å². The van der Waals surface area contributed by atoms with Gasteiger partial charge in [-0.3, -0.25) is 4.90 Å².